The van der Waals surface area contributed by atoms with Crippen LogP contribution in [0.15, 0.2) is 30.9 Å². The highest BCUT2D eigenvalue weighted by molar-refractivity contribution is 5.80. The van der Waals surface area contributed by atoms with Gasteiger partial charge in [0.05, 0.1) is 6.54 Å². The van der Waals surface area contributed by atoms with Gasteiger partial charge in [-0.15, -0.1) is 0 Å². The van der Waals surface area contributed by atoms with E-state index in [1.54, 1.807) is 12.5 Å². The molecule has 3 aromatic rings. The molecule has 0 aliphatic carbocycles. The molecule has 0 aliphatic rings. The lowest BCUT2D eigenvalue weighted by Gasteiger charge is -2.09. The fourth-order valence-corrected chi connectivity index (χ4v) is 2.54. The van der Waals surface area contributed by atoms with Gasteiger partial charge in [-0.1, -0.05) is 13.8 Å². The van der Waals surface area contributed by atoms with Gasteiger partial charge in [-0.25, -0.2) is 14.6 Å². The smallest absolute Gasteiger partial charge is 0.146 e. The second kappa shape index (κ2) is 5.65. The first kappa shape index (κ1) is 13.8. The molecule has 0 saturated carbocycles. The Hall–Kier alpha value is -2.21. The molecule has 0 radical (unpaired) electrons. The normalized spacial score (nSPS) is 11.6. The zero-order valence-electron chi connectivity index (χ0n) is 12.4. The van der Waals surface area contributed by atoms with E-state index >= 15 is 0 Å². The fraction of sp³-hybridized carbons (Fsp3) is 0.400. The molecule has 0 fully saturated rings. The molecular formula is C15H20N6. The van der Waals surface area contributed by atoms with Crippen LogP contribution in [0.3, 0.4) is 0 Å². The van der Waals surface area contributed by atoms with Crippen LogP contribution in [0.2, 0.25) is 0 Å². The molecule has 0 amide bonds. The number of nitrogens with zero attached hydrogens (tertiary/aromatic N) is 5. The van der Waals surface area contributed by atoms with Crippen LogP contribution >= 0.6 is 0 Å². The van der Waals surface area contributed by atoms with Crippen LogP contribution in [0.1, 0.15) is 25.2 Å². The SMILES string of the molecule is CC(C)Cn1ncnc1Cn1cc(CN)c2cccnc21. The molecule has 6 nitrogen and oxygen atoms in total. The van der Waals surface area contributed by atoms with Gasteiger partial charge in [0.2, 0.25) is 0 Å². The van der Waals surface area contributed by atoms with Crippen molar-refractivity contribution in [3.05, 3.63) is 42.2 Å². The van der Waals surface area contributed by atoms with Crippen molar-refractivity contribution in [2.75, 3.05) is 0 Å². The van der Waals surface area contributed by atoms with Gasteiger partial charge in [-0.05, 0) is 23.6 Å². The zero-order valence-corrected chi connectivity index (χ0v) is 12.4. The summed E-state index contributed by atoms with van der Waals surface area (Å²) in [7, 11) is 0. The molecule has 21 heavy (non-hydrogen) atoms. The molecular weight excluding hydrogens is 264 g/mol. The number of hydrogen-bond acceptors (Lipinski definition) is 4. The summed E-state index contributed by atoms with van der Waals surface area (Å²) in [6, 6.07) is 3.99. The Morgan fingerprint density at radius 1 is 1.29 bits per heavy atom. The second-order valence-corrected chi connectivity index (χ2v) is 5.61. The zero-order chi connectivity index (χ0) is 14.8. The summed E-state index contributed by atoms with van der Waals surface area (Å²) in [6.07, 6.45) is 5.48. The first-order valence-electron chi connectivity index (χ1n) is 7.18. The maximum absolute atomic E-state index is 5.82. The quantitative estimate of drug-likeness (QED) is 0.775. The molecule has 0 spiro atoms. The molecule has 0 atom stereocenters. The lowest BCUT2D eigenvalue weighted by molar-refractivity contribution is 0.461. The lowest BCUT2D eigenvalue weighted by Crippen LogP contribution is -2.13. The third-order valence-electron chi connectivity index (χ3n) is 3.48. The predicted molar refractivity (Wildman–Crippen MR) is 81.6 cm³/mol. The number of hydrogen-bond donors (Lipinski definition) is 1. The van der Waals surface area contributed by atoms with Crippen LogP contribution in [0.5, 0.6) is 0 Å². The van der Waals surface area contributed by atoms with Gasteiger partial charge in [0.15, 0.2) is 0 Å². The number of nitrogens with two attached hydrogens (primary N) is 1. The number of rotatable bonds is 5. The van der Waals surface area contributed by atoms with Crippen LogP contribution in [-0.2, 0) is 19.6 Å². The molecule has 3 aromatic heterocycles. The van der Waals surface area contributed by atoms with Crippen LogP contribution < -0.4 is 5.73 Å². The number of aromatic nitrogens is 5. The third kappa shape index (κ3) is 2.67. The third-order valence-corrected chi connectivity index (χ3v) is 3.48. The highest BCUT2D eigenvalue weighted by atomic mass is 15.3. The summed E-state index contributed by atoms with van der Waals surface area (Å²) in [6.45, 7) is 6.37. The minimum absolute atomic E-state index is 0.508. The summed E-state index contributed by atoms with van der Waals surface area (Å²) in [5.74, 6) is 1.47. The van der Waals surface area contributed by atoms with Gasteiger partial charge in [0.1, 0.15) is 17.8 Å². The van der Waals surface area contributed by atoms with E-state index in [0.29, 0.717) is 19.0 Å². The van der Waals surface area contributed by atoms with Gasteiger partial charge in [-0.2, -0.15) is 5.10 Å². The molecule has 3 heterocycles. The monoisotopic (exact) mass is 284 g/mol. The first-order chi connectivity index (χ1) is 10.2. The van der Waals surface area contributed by atoms with E-state index in [1.807, 2.05) is 10.7 Å². The summed E-state index contributed by atoms with van der Waals surface area (Å²) in [5, 5.41) is 5.41. The van der Waals surface area contributed by atoms with Crippen molar-refractivity contribution >= 4 is 11.0 Å². The lowest BCUT2D eigenvalue weighted by atomic mass is 10.2. The van der Waals surface area contributed by atoms with Crippen molar-refractivity contribution in [3.8, 4) is 0 Å². The van der Waals surface area contributed by atoms with Crippen LogP contribution in [0.25, 0.3) is 11.0 Å². The van der Waals surface area contributed by atoms with Crippen molar-refractivity contribution < 1.29 is 0 Å². The van der Waals surface area contributed by atoms with Crippen molar-refractivity contribution in [2.45, 2.75) is 33.5 Å². The number of fused-ring (bicyclic) bond motifs is 1. The predicted octanol–water partition coefficient (Wildman–Crippen LogP) is 1.79. The van der Waals surface area contributed by atoms with E-state index in [1.165, 1.54) is 0 Å². The molecule has 6 heteroatoms. The van der Waals surface area contributed by atoms with Crippen LogP contribution in [-0.4, -0.2) is 24.3 Å². The van der Waals surface area contributed by atoms with Gasteiger partial charge in [-0.3, -0.25) is 0 Å². The molecule has 0 aromatic carbocycles. The van der Waals surface area contributed by atoms with Crippen LogP contribution in [0.4, 0.5) is 0 Å². The van der Waals surface area contributed by atoms with E-state index in [2.05, 4.69) is 45.7 Å². The highest BCUT2D eigenvalue weighted by Crippen LogP contribution is 2.19. The standard InChI is InChI=1S/C15H20N6/c1-11(2)7-21-14(18-10-19-21)9-20-8-12(6-16)13-4-3-5-17-15(13)20/h3-5,8,10-11H,6-7,9,16H2,1-2H3. The summed E-state index contributed by atoms with van der Waals surface area (Å²) in [5.41, 5.74) is 7.87. The van der Waals surface area contributed by atoms with Gasteiger partial charge >= 0.3 is 0 Å². The van der Waals surface area contributed by atoms with Crippen LogP contribution in [0, 0.1) is 5.92 Å². The van der Waals surface area contributed by atoms with E-state index in [-0.39, 0.29) is 0 Å². The van der Waals surface area contributed by atoms with Gasteiger partial charge in [0.25, 0.3) is 0 Å². The molecule has 0 aliphatic heterocycles. The number of pyridine rings is 1. The maximum atomic E-state index is 5.82. The van der Waals surface area contributed by atoms with E-state index < -0.39 is 0 Å². The van der Waals surface area contributed by atoms with Crippen molar-refractivity contribution in [2.24, 2.45) is 11.7 Å². The highest BCUT2D eigenvalue weighted by Gasteiger charge is 2.12. The van der Waals surface area contributed by atoms with Crippen molar-refractivity contribution in [1.82, 2.24) is 24.3 Å². The van der Waals surface area contributed by atoms with Crippen molar-refractivity contribution in [3.63, 3.8) is 0 Å². The largest absolute Gasteiger partial charge is 0.326 e. The Kier molecular flexibility index (Phi) is 3.70. The minimum atomic E-state index is 0.508. The molecule has 3 rings (SSSR count). The minimum Gasteiger partial charge on any atom is -0.326 e. The molecule has 0 bridgehead atoms. The maximum Gasteiger partial charge on any atom is 0.146 e. The average molecular weight is 284 g/mol. The fourth-order valence-electron chi connectivity index (χ4n) is 2.54. The van der Waals surface area contributed by atoms with E-state index in [4.69, 9.17) is 5.73 Å². The summed E-state index contributed by atoms with van der Waals surface area (Å²) >= 11 is 0. The first-order valence-corrected chi connectivity index (χ1v) is 7.18. The second-order valence-electron chi connectivity index (χ2n) is 5.61. The Labute approximate surface area is 123 Å². The van der Waals surface area contributed by atoms with Gasteiger partial charge in [0, 0.05) is 30.9 Å². The average Bonchev–Trinajstić information content (AvgIpc) is 3.04. The topological polar surface area (TPSA) is 74.5 Å². The van der Waals surface area contributed by atoms with E-state index in [9.17, 15) is 0 Å². The molecule has 110 valence electrons. The molecule has 0 unspecified atom stereocenters. The summed E-state index contributed by atoms with van der Waals surface area (Å²) < 4.78 is 4.06. The Morgan fingerprint density at radius 3 is 2.90 bits per heavy atom. The Morgan fingerprint density at radius 2 is 2.14 bits per heavy atom. The Bertz CT molecular complexity index is 740. The van der Waals surface area contributed by atoms with Gasteiger partial charge < -0.3 is 10.3 Å². The Balaban J connectivity index is 1.97. The van der Waals surface area contributed by atoms with E-state index in [0.717, 1.165) is 29.0 Å². The molecule has 2 N–H and O–H groups in total. The van der Waals surface area contributed by atoms with Crippen molar-refractivity contribution in [1.29, 1.82) is 0 Å². The molecule has 0 saturated heterocycles. The summed E-state index contributed by atoms with van der Waals surface area (Å²) in [4.78, 5) is 8.85.